The van der Waals surface area contributed by atoms with Crippen molar-refractivity contribution in [2.45, 2.75) is 37.1 Å². The van der Waals surface area contributed by atoms with E-state index in [4.69, 9.17) is 5.73 Å². The van der Waals surface area contributed by atoms with Gasteiger partial charge in [0, 0.05) is 10.9 Å². The molecule has 1 rings (SSSR count). The van der Waals surface area contributed by atoms with Crippen LogP contribution in [0.4, 0.5) is 4.39 Å². The second kappa shape index (κ2) is 6.85. The lowest BCUT2D eigenvalue weighted by atomic mass is 10.1. The van der Waals surface area contributed by atoms with Crippen molar-refractivity contribution in [3.63, 3.8) is 0 Å². The number of thioether (sulfide) groups is 1. The second-order valence-electron chi connectivity index (χ2n) is 3.61. The molecule has 0 fully saturated rings. The summed E-state index contributed by atoms with van der Waals surface area (Å²) in [5.74, 6) is 0.881. The minimum atomic E-state index is -0.174. The Morgan fingerprint density at radius 2 is 2.00 bits per heavy atom. The molecule has 0 saturated carbocycles. The number of hydrogen-bond acceptors (Lipinski definition) is 2. The first-order valence-electron chi connectivity index (χ1n) is 5.36. The highest BCUT2D eigenvalue weighted by Gasteiger charge is 1.99. The summed E-state index contributed by atoms with van der Waals surface area (Å²) in [6, 6.07) is 6.97. The molecule has 84 valence electrons. The molecule has 2 N–H and O–H groups in total. The normalized spacial score (nSPS) is 12.7. The molecule has 0 aromatic heterocycles. The van der Waals surface area contributed by atoms with Crippen molar-refractivity contribution in [2.24, 2.45) is 5.73 Å². The Kier molecular flexibility index (Phi) is 5.73. The summed E-state index contributed by atoms with van der Waals surface area (Å²) in [7, 11) is 0. The molecule has 1 nitrogen and oxygen atoms in total. The molecule has 1 aromatic rings. The maximum Gasteiger partial charge on any atom is 0.123 e. The van der Waals surface area contributed by atoms with Gasteiger partial charge in [0.15, 0.2) is 0 Å². The van der Waals surface area contributed by atoms with E-state index in [1.165, 1.54) is 12.1 Å². The van der Waals surface area contributed by atoms with E-state index in [9.17, 15) is 4.39 Å². The quantitative estimate of drug-likeness (QED) is 0.595. The van der Waals surface area contributed by atoms with Crippen molar-refractivity contribution in [3.05, 3.63) is 30.1 Å². The minimum absolute atomic E-state index is 0.174. The number of hydrogen-bond donors (Lipinski definition) is 1. The molecule has 0 saturated heterocycles. The van der Waals surface area contributed by atoms with Gasteiger partial charge in [-0.2, -0.15) is 0 Å². The molecule has 3 heteroatoms. The van der Waals surface area contributed by atoms with Gasteiger partial charge in [-0.3, -0.25) is 0 Å². The molecule has 15 heavy (non-hydrogen) atoms. The highest BCUT2D eigenvalue weighted by Crippen LogP contribution is 2.19. The van der Waals surface area contributed by atoms with E-state index < -0.39 is 0 Å². The number of rotatable bonds is 6. The van der Waals surface area contributed by atoms with Crippen LogP contribution in [-0.2, 0) is 0 Å². The lowest BCUT2D eigenvalue weighted by Gasteiger charge is -2.07. The van der Waals surface area contributed by atoms with Crippen LogP contribution in [-0.4, -0.2) is 11.8 Å². The van der Waals surface area contributed by atoms with Crippen molar-refractivity contribution in [2.75, 3.05) is 5.75 Å². The Balaban J connectivity index is 2.17. The molecule has 0 amide bonds. The molecule has 0 bridgehead atoms. The predicted octanol–water partition coefficient (Wildman–Crippen LogP) is 3.44. The van der Waals surface area contributed by atoms with Crippen LogP contribution in [0.5, 0.6) is 0 Å². The zero-order chi connectivity index (χ0) is 11.1. The molecule has 0 aliphatic carbocycles. The van der Waals surface area contributed by atoms with Gasteiger partial charge in [0.2, 0.25) is 0 Å². The first-order chi connectivity index (χ1) is 7.22. The van der Waals surface area contributed by atoms with Gasteiger partial charge < -0.3 is 5.73 Å². The van der Waals surface area contributed by atoms with Crippen LogP contribution in [0.25, 0.3) is 0 Å². The fourth-order valence-electron chi connectivity index (χ4n) is 1.27. The second-order valence-corrected chi connectivity index (χ2v) is 4.78. The highest BCUT2D eigenvalue weighted by molar-refractivity contribution is 7.99. The Bertz CT molecular complexity index is 273. The minimum Gasteiger partial charge on any atom is -0.328 e. The van der Waals surface area contributed by atoms with E-state index in [2.05, 4.69) is 6.92 Å². The lowest BCUT2D eigenvalue weighted by Crippen LogP contribution is -2.18. The van der Waals surface area contributed by atoms with E-state index in [1.54, 1.807) is 11.8 Å². The van der Waals surface area contributed by atoms with Gasteiger partial charge in [-0.25, -0.2) is 4.39 Å². The molecule has 1 unspecified atom stereocenters. The third-order valence-corrected chi connectivity index (χ3v) is 3.42. The van der Waals surface area contributed by atoms with Gasteiger partial charge in [0.1, 0.15) is 5.82 Å². The SMILES string of the molecule is CCC(N)CCCSc1ccc(F)cc1. The first kappa shape index (κ1) is 12.5. The third kappa shape index (κ3) is 5.19. The van der Waals surface area contributed by atoms with Crippen molar-refractivity contribution in [1.29, 1.82) is 0 Å². The highest BCUT2D eigenvalue weighted by atomic mass is 32.2. The Morgan fingerprint density at radius 1 is 1.33 bits per heavy atom. The largest absolute Gasteiger partial charge is 0.328 e. The molecule has 1 atom stereocenters. The van der Waals surface area contributed by atoms with E-state index in [0.717, 1.165) is 29.9 Å². The van der Waals surface area contributed by atoms with Gasteiger partial charge in [-0.1, -0.05) is 6.92 Å². The molecule has 0 heterocycles. The van der Waals surface area contributed by atoms with Crippen LogP contribution in [0.3, 0.4) is 0 Å². The Labute approximate surface area is 95.2 Å². The van der Waals surface area contributed by atoms with Crippen molar-refractivity contribution in [1.82, 2.24) is 0 Å². The van der Waals surface area contributed by atoms with Crippen molar-refractivity contribution < 1.29 is 4.39 Å². The summed E-state index contributed by atoms with van der Waals surface area (Å²) in [5.41, 5.74) is 5.81. The van der Waals surface area contributed by atoms with Crippen LogP contribution in [0, 0.1) is 5.82 Å². The smallest absolute Gasteiger partial charge is 0.123 e. The zero-order valence-corrected chi connectivity index (χ0v) is 9.90. The van der Waals surface area contributed by atoms with Crippen LogP contribution in [0.2, 0.25) is 0 Å². The summed E-state index contributed by atoms with van der Waals surface area (Å²) in [6.45, 7) is 2.11. The number of halogens is 1. The molecule has 0 aliphatic heterocycles. The van der Waals surface area contributed by atoms with Crippen molar-refractivity contribution >= 4 is 11.8 Å². The molecule has 0 aliphatic rings. The molecule has 1 aromatic carbocycles. The standard InChI is InChI=1S/C12H18FNS/c1-2-11(14)4-3-9-15-12-7-5-10(13)6-8-12/h5-8,11H,2-4,9,14H2,1H3. The van der Waals surface area contributed by atoms with Gasteiger partial charge in [-0.05, 0) is 49.3 Å². The maximum absolute atomic E-state index is 12.6. The average Bonchev–Trinajstić information content (AvgIpc) is 2.26. The summed E-state index contributed by atoms with van der Waals surface area (Å²) in [6.07, 6.45) is 3.24. The third-order valence-electron chi connectivity index (χ3n) is 2.33. The Morgan fingerprint density at radius 3 is 2.60 bits per heavy atom. The number of nitrogens with two attached hydrogens (primary N) is 1. The maximum atomic E-state index is 12.6. The summed E-state index contributed by atoms with van der Waals surface area (Å²) in [4.78, 5) is 1.13. The van der Waals surface area contributed by atoms with Gasteiger partial charge in [0.25, 0.3) is 0 Å². The van der Waals surface area contributed by atoms with E-state index >= 15 is 0 Å². The van der Waals surface area contributed by atoms with Crippen LogP contribution < -0.4 is 5.73 Å². The predicted molar refractivity (Wildman–Crippen MR) is 64.6 cm³/mol. The zero-order valence-electron chi connectivity index (χ0n) is 9.08. The summed E-state index contributed by atoms with van der Waals surface area (Å²) < 4.78 is 12.6. The molecular formula is C12H18FNS. The fourth-order valence-corrected chi connectivity index (χ4v) is 2.15. The van der Waals surface area contributed by atoms with E-state index in [1.807, 2.05) is 12.1 Å². The fraction of sp³-hybridized carbons (Fsp3) is 0.500. The van der Waals surface area contributed by atoms with Crippen LogP contribution in [0.15, 0.2) is 29.2 Å². The first-order valence-corrected chi connectivity index (χ1v) is 6.35. The average molecular weight is 227 g/mol. The van der Waals surface area contributed by atoms with Crippen LogP contribution in [0.1, 0.15) is 26.2 Å². The summed E-state index contributed by atoms with van der Waals surface area (Å²) >= 11 is 1.76. The summed E-state index contributed by atoms with van der Waals surface area (Å²) in [5, 5.41) is 0. The molecular weight excluding hydrogens is 209 g/mol. The van der Waals surface area contributed by atoms with Gasteiger partial charge >= 0.3 is 0 Å². The molecule has 0 spiro atoms. The van der Waals surface area contributed by atoms with E-state index in [0.29, 0.717) is 6.04 Å². The van der Waals surface area contributed by atoms with Crippen LogP contribution >= 0.6 is 11.8 Å². The monoisotopic (exact) mass is 227 g/mol. The Hall–Kier alpha value is -0.540. The van der Waals surface area contributed by atoms with E-state index in [-0.39, 0.29) is 5.82 Å². The van der Waals surface area contributed by atoms with Gasteiger partial charge in [-0.15, -0.1) is 11.8 Å². The van der Waals surface area contributed by atoms with Crippen molar-refractivity contribution in [3.8, 4) is 0 Å². The number of benzene rings is 1. The van der Waals surface area contributed by atoms with Gasteiger partial charge in [0.05, 0.1) is 0 Å². The topological polar surface area (TPSA) is 26.0 Å². The lowest BCUT2D eigenvalue weighted by molar-refractivity contribution is 0.589. The molecule has 0 radical (unpaired) electrons.